The number of aliphatic carboxylic acids is 1. The van der Waals surface area contributed by atoms with E-state index in [1.807, 2.05) is 6.92 Å². The largest absolute Gasteiger partial charge is 0.481 e. The molecule has 2 heterocycles. The molecule has 1 unspecified atom stereocenters. The van der Waals surface area contributed by atoms with Gasteiger partial charge in [-0.3, -0.25) is 9.59 Å². The summed E-state index contributed by atoms with van der Waals surface area (Å²) >= 11 is 0. The van der Waals surface area contributed by atoms with Crippen LogP contribution in [0.1, 0.15) is 26.2 Å². The highest BCUT2D eigenvalue weighted by atomic mass is 35.5. The molecule has 0 aromatic heterocycles. The van der Waals surface area contributed by atoms with Crippen molar-refractivity contribution in [2.75, 3.05) is 26.2 Å². The van der Waals surface area contributed by atoms with Crippen LogP contribution in [0.3, 0.4) is 0 Å². The Morgan fingerprint density at radius 3 is 2.35 bits per heavy atom. The summed E-state index contributed by atoms with van der Waals surface area (Å²) in [6, 6.07) is 0.181. The minimum Gasteiger partial charge on any atom is -0.481 e. The standard InChI is InChI=1S/C14H21F3N2O3.ClH/c1-9-3-2-5-19(9)12(20)4-6-18-7-10(13(21)22)11(8-18)14(15,16)17;/h9-11H,2-8H2,1H3,(H,21,22);1H/t9?,10-,11-;/m1./s1. The van der Waals surface area contributed by atoms with E-state index in [1.54, 1.807) is 4.90 Å². The van der Waals surface area contributed by atoms with Crippen molar-refractivity contribution < 1.29 is 27.9 Å². The van der Waals surface area contributed by atoms with E-state index >= 15 is 0 Å². The van der Waals surface area contributed by atoms with Crippen molar-refractivity contribution >= 4 is 24.3 Å². The average molecular weight is 359 g/mol. The summed E-state index contributed by atoms with van der Waals surface area (Å²) in [5.41, 5.74) is 0. The van der Waals surface area contributed by atoms with Crippen molar-refractivity contribution in [3.63, 3.8) is 0 Å². The van der Waals surface area contributed by atoms with Gasteiger partial charge < -0.3 is 14.9 Å². The van der Waals surface area contributed by atoms with Crippen molar-refractivity contribution in [1.82, 2.24) is 9.80 Å². The second-order valence-corrected chi connectivity index (χ2v) is 6.18. The third-order valence-electron chi connectivity index (χ3n) is 4.65. The number of hydrogen-bond acceptors (Lipinski definition) is 3. The number of halogens is 4. The lowest BCUT2D eigenvalue weighted by Gasteiger charge is -2.23. The van der Waals surface area contributed by atoms with E-state index in [-0.39, 0.29) is 50.4 Å². The lowest BCUT2D eigenvalue weighted by Crippen LogP contribution is -2.36. The van der Waals surface area contributed by atoms with Crippen LogP contribution in [0, 0.1) is 11.8 Å². The second-order valence-electron chi connectivity index (χ2n) is 6.18. The van der Waals surface area contributed by atoms with Gasteiger partial charge in [-0.15, -0.1) is 12.4 Å². The first kappa shape index (κ1) is 20.0. The van der Waals surface area contributed by atoms with Gasteiger partial charge in [0.1, 0.15) is 0 Å². The zero-order valence-electron chi connectivity index (χ0n) is 12.9. The molecule has 1 N–H and O–H groups in total. The van der Waals surface area contributed by atoms with Crippen LogP contribution in [0.2, 0.25) is 0 Å². The Hall–Kier alpha value is -1.02. The average Bonchev–Trinajstić information content (AvgIpc) is 3.01. The van der Waals surface area contributed by atoms with Crippen molar-refractivity contribution in [3.05, 3.63) is 0 Å². The molecule has 23 heavy (non-hydrogen) atoms. The number of carbonyl (C=O) groups excluding carboxylic acids is 1. The zero-order valence-corrected chi connectivity index (χ0v) is 13.7. The quantitative estimate of drug-likeness (QED) is 0.835. The summed E-state index contributed by atoms with van der Waals surface area (Å²) in [7, 11) is 0. The fourth-order valence-electron chi connectivity index (χ4n) is 3.35. The Labute approximate surface area is 139 Å². The van der Waals surface area contributed by atoms with Gasteiger partial charge in [0, 0.05) is 38.6 Å². The molecule has 1 amide bonds. The summed E-state index contributed by atoms with van der Waals surface area (Å²) in [6.07, 6.45) is -2.48. The molecule has 0 spiro atoms. The van der Waals surface area contributed by atoms with Crippen LogP contribution in [0.4, 0.5) is 13.2 Å². The molecular weight excluding hydrogens is 337 g/mol. The first-order valence-electron chi connectivity index (χ1n) is 7.51. The van der Waals surface area contributed by atoms with E-state index in [1.165, 1.54) is 4.90 Å². The molecule has 134 valence electrons. The summed E-state index contributed by atoms with van der Waals surface area (Å²) in [5.74, 6) is -4.79. The molecule has 0 aromatic carbocycles. The predicted molar refractivity (Wildman–Crippen MR) is 79.4 cm³/mol. The molecule has 0 aliphatic carbocycles. The van der Waals surface area contributed by atoms with Crippen molar-refractivity contribution in [3.8, 4) is 0 Å². The highest BCUT2D eigenvalue weighted by molar-refractivity contribution is 5.85. The number of hydrogen-bond donors (Lipinski definition) is 1. The maximum Gasteiger partial charge on any atom is 0.393 e. The van der Waals surface area contributed by atoms with Crippen molar-refractivity contribution in [1.29, 1.82) is 0 Å². The van der Waals surface area contributed by atoms with Gasteiger partial charge in [-0.05, 0) is 19.8 Å². The van der Waals surface area contributed by atoms with Gasteiger partial charge in [0.15, 0.2) is 0 Å². The molecule has 5 nitrogen and oxygen atoms in total. The molecule has 0 saturated carbocycles. The summed E-state index contributed by atoms with van der Waals surface area (Å²) in [5, 5.41) is 8.95. The Morgan fingerprint density at radius 1 is 1.26 bits per heavy atom. The van der Waals surface area contributed by atoms with Crippen LogP contribution in [0.25, 0.3) is 0 Å². The Kier molecular flexibility index (Phi) is 6.70. The van der Waals surface area contributed by atoms with E-state index in [0.717, 1.165) is 12.8 Å². The summed E-state index contributed by atoms with van der Waals surface area (Å²) in [6.45, 7) is 2.34. The van der Waals surface area contributed by atoms with Gasteiger partial charge in [-0.2, -0.15) is 13.2 Å². The fourth-order valence-corrected chi connectivity index (χ4v) is 3.35. The maximum atomic E-state index is 12.9. The molecule has 2 fully saturated rings. The Morgan fingerprint density at radius 2 is 1.91 bits per heavy atom. The number of carboxylic acids is 1. The molecule has 2 saturated heterocycles. The molecule has 2 aliphatic rings. The number of carbonyl (C=O) groups is 2. The first-order valence-corrected chi connectivity index (χ1v) is 7.51. The van der Waals surface area contributed by atoms with Gasteiger partial charge in [0.05, 0.1) is 11.8 Å². The van der Waals surface area contributed by atoms with Gasteiger partial charge in [0.25, 0.3) is 0 Å². The topological polar surface area (TPSA) is 60.9 Å². The van der Waals surface area contributed by atoms with Gasteiger partial charge in [-0.25, -0.2) is 0 Å². The van der Waals surface area contributed by atoms with Crippen molar-refractivity contribution in [2.45, 2.75) is 38.4 Å². The first-order chi connectivity index (χ1) is 10.2. The molecule has 0 radical (unpaired) electrons. The monoisotopic (exact) mass is 358 g/mol. The number of alkyl halides is 3. The van der Waals surface area contributed by atoms with Gasteiger partial charge in [-0.1, -0.05) is 0 Å². The highest BCUT2D eigenvalue weighted by Crippen LogP contribution is 2.37. The van der Waals surface area contributed by atoms with E-state index in [9.17, 15) is 22.8 Å². The van der Waals surface area contributed by atoms with E-state index in [4.69, 9.17) is 5.11 Å². The second kappa shape index (κ2) is 7.70. The molecule has 2 aliphatic heterocycles. The van der Waals surface area contributed by atoms with Crippen LogP contribution >= 0.6 is 12.4 Å². The minimum atomic E-state index is -4.52. The third-order valence-corrected chi connectivity index (χ3v) is 4.65. The van der Waals surface area contributed by atoms with Crippen LogP contribution in [0.15, 0.2) is 0 Å². The maximum absolute atomic E-state index is 12.9. The van der Waals surface area contributed by atoms with Crippen LogP contribution in [-0.2, 0) is 9.59 Å². The lowest BCUT2D eigenvalue weighted by molar-refractivity contribution is -0.188. The predicted octanol–water partition coefficient (Wildman–Crippen LogP) is 2.00. The molecule has 9 heteroatoms. The van der Waals surface area contributed by atoms with Crippen molar-refractivity contribution in [2.24, 2.45) is 11.8 Å². The number of amides is 1. The van der Waals surface area contributed by atoms with E-state index in [0.29, 0.717) is 6.54 Å². The summed E-state index contributed by atoms with van der Waals surface area (Å²) < 4.78 is 38.6. The Balaban J connectivity index is 0.00000264. The van der Waals surface area contributed by atoms with E-state index in [2.05, 4.69) is 0 Å². The molecule has 0 aromatic rings. The number of rotatable bonds is 4. The molecule has 3 atom stereocenters. The molecule has 2 rings (SSSR count). The van der Waals surface area contributed by atoms with Crippen LogP contribution in [0.5, 0.6) is 0 Å². The minimum absolute atomic E-state index is 0. The lowest BCUT2D eigenvalue weighted by atomic mass is 9.96. The SMILES string of the molecule is CC1CCCN1C(=O)CCN1C[C@@H](C(F)(F)F)[C@H](C(=O)O)C1.Cl. The Bertz CT molecular complexity index is 447. The number of carboxylic acid groups (broad SMARTS) is 1. The molecule has 0 bridgehead atoms. The van der Waals surface area contributed by atoms with Crippen LogP contribution < -0.4 is 0 Å². The smallest absolute Gasteiger partial charge is 0.393 e. The highest BCUT2D eigenvalue weighted by Gasteiger charge is 2.52. The van der Waals surface area contributed by atoms with Gasteiger partial charge >= 0.3 is 12.1 Å². The zero-order chi connectivity index (χ0) is 16.5. The van der Waals surface area contributed by atoms with E-state index < -0.39 is 24.0 Å². The van der Waals surface area contributed by atoms with Crippen LogP contribution in [-0.4, -0.2) is 65.2 Å². The number of nitrogens with zero attached hydrogens (tertiary/aromatic N) is 2. The van der Waals surface area contributed by atoms with Gasteiger partial charge in [0.2, 0.25) is 5.91 Å². The molecular formula is C14H22ClF3N2O3. The normalized spacial score (nSPS) is 28.7. The fraction of sp³-hybridized carbons (Fsp3) is 0.857. The third kappa shape index (κ3) is 4.73. The summed E-state index contributed by atoms with van der Waals surface area (Å²) in [4.78, 5) is 26.3. The number of likely N-dealkylation sites (tertiary alicyclic amines) is 2.